The van der Waals surface area contributed by atoms with Crippen molar-refractivity contribution in [3.05, 3.63) is 66.3 Å². The summed E-state index contributed by atoms with van der Waals surface area (Å²) in [6.45, 7) is 3.34. The number of allylic oxidation sites excluding steroid dienone is 6. The molecule has 0 aliphatic rings. The molecule has 38 heavy (non-hydrogen) atoms. The van der Waals surface area contributed by atoms with E-state index in [9.17, 15) is 14.7 Å². The zero-order valence-electron chi connectivity index (χ0n) is 23.4. The molecular weight excluding hydrogens is 476 g/mol. The largest absolute Gasteiger partial charge is 0.504 e. The Hall–Kier alpha value is -3.28. The van der Waals surface area contributed by atoms with E-state index in [1.54, 1.807) is 18.2 Å². The Labute approximate surface area is 229 Å². The van der Waals surface area contributed by atoms with Gasteiger partial charge in [-0.25, -0.2) is 0 Å². The van der Waals surface area contributed by atoms with E-state index in [-0.39, 0.29) is 17.6 Å². The van der Waals surface area contributed by atoms with Crippen LogP contribution in [0.15, 0.2) is 60.7 Å². The van der Waals surface area contributed by atoms with E-state index < -0.39 is 0 Å². The first kappa shape index (κ1) is 32.7. The Bertz CT molecular complexity index is 903. The fraction of sp³-hybridized carbons (Fsp3) is 0.500. The molecule has 1 rings (SSSR count). The molecule has 0 saturated carbocycles. The zero-order chi connectivity index (χ0) is 27.7. The Morgan fingerprint density at radius 1 is 0.842 bits per heavy atom. The van der Waals surface area contributed by atoms with Crippen molar-refractivity contribution in [3.63, 3.8) is 0 Å². The summed E-state index contributed by atoms with van der Waals surface area (Å²) in [7, 11) is 1.48. The maximum Gasteiger partial charge on any atom is 0.243 e. The number of benzene rings is 1. The second kappa shape index (κ2) is 22.9. The highest BCUT2D eigenvalue weighted by atomic mass is 16.5. The Balaban J connectivity index is 1.94. The molecule has 0 atom stereocenters. The van der Waals surface area contributed by atoms with Crippen LogP contribution in [0, 0.1) is 0 Å². The van der Waals surface area contributed by atoms with E-state index in [1.807, 2.05) is 0 Å². The average Bonchev–Trinajstić information content (AvgIpc) is 2.92. The lowest BCUT2D eigenvalue weighted by Crippen LogP contribution is -2.26. The molecule has 0 radical (unpaired) electrons. The first-order valence-corrected chi connectivity index (χ1v) is 14.1. The predicted octanol–water partition coefficient (Wildman–Crippen LogP) is 7.02. The SMILES string of the molecule is CCC=CCC=CCC=CCCCCCCCC(=O)NCCCCNC(=O)C=Cc1ccc(O)c(OC)c1. The number of carbonyl (C=O) groups is 2. The molecule has 0 spiro atoms. The van der Waals surface area contributed by atoms with Crippen LogP contribution in [0.4, 0.5) is 0 Å². The fourth-order valence-corrected chi connectivity index (χ4v) is 3.71. The van der Waals surface area contributed by atoms with Crippen LogP contribution in [0.2, 0.25) is 0 Å². The predicted molar refractivity (Wildman–Crippen MR) is 158 cm³/mol. The van der Waals surface area contributed by atoms with Crippen LogP contribution in [0.3, 0.4) is 0 Å². The summed E-state index contributed by atoms with van der Waals surface area (Å²) in [6, 6.07) is 4.90. The van der Waals surface area contributed by atoms with Crippen molar-refractivity contribution in [2.45, 2.75) is 84.0 Å². The van der Waals surface area contributed by atoms with Crippen molar-refractivity contribution in [2.24, 2.45) is 0 Å². The van der Waals surface area contributed by atoms with Crippen LogP contribution < -0.4 is 15.4 Å². The number of hydrogen-bond acceptors (Lipinski definition) is 4. The van der Waals surface area contributed by atoms with Crippen LogP contribution >= 0.6 is 0 Å². The van der Waals surface area contributed by atoms with Crippen molar-refractivity contribution in [2.75, 3.05) is 20.2 Å². The standard InChI is InChI=1S/C32H48N2O4/c1-3-4-5-6-7-8-9-10-11-12-13-14-15-16-17-20-31(36)33-25-18-19-26-34-32(37)24-22-28-21-23-29(35)30(27-28)38-2/h4-5,7-8,10-11,21-24,27,35H,3,6,9,12-20,25-26H2,1-2H3,(H,33,36)(H,34,37). The average molecular weight is 525 g/mol. The Kier molecular flexibility index (Phi) is 19.7. The summed E-state index contributed by atoms with van der Waals surface area (Å²) in [5, 5.41) is 15.4. The number of ether oxygens (including phenoxy) is 1. The van der Waals surface area contributed by atoms with E-state index >= 15 is 0 Å². The molecule has 1 aromatic carbocycles. The topological polar surface area (TPSA) is 87.7 Å². The van der Waals surface area contributed by atoms with E-state index in [1.165, 1.54) is 38.5 Å². The maximum atomic E-state index is 12.0. The van der Waals surface area contributed by atoms with Gasteiger partial charge in [0.15, 0.2) is 11.5 Å². The molecular formula is C32H48N2O4. The highest BCUT2D eigenvalue weighted by Gasteiger charge is 2.02. The molecule has 0 unspecified atom stereocenters. The van der Waals surface area contributed by atoms with Gasteiger partial charge < -0.3 is 20.5 Å². The second-order valence-electron chi connectivity index (χ2n) is 9.21. The quantitative estimate of drug-likeness (QED) is 0.0916. The van der Waals surface area contributed by atoms with Crippen molar-refractivity contribution >= 4 is 17.9 Å². The number of nitrogens with one attached hydrogen (secondary N) is 2. The van der Waals surface area contributed by atoms with Gasteiger partial charge in [-0.05, 0) is 75.1 Å². The van der Waals surface area contributed by atoms with Crippen molar-refractivity contribution < 1.29 is 19.4 Å². The second-order valence-corrected chi connectivity index (χ2v) is 9.21. The number of carbonyl (C=O) groups excluding carboxylic acids is 2. The van der Waals surface area contributed by atoms with Gasteiger partial charge in [0.25, 0.3) is 0 Å². The number of amides is 2. The number of methoxy groups -OCH3 is 1. The molecule has 1 aromatic rings. The van der Waals surface area contributed by atoms with Gasteiger partial charge in [-0.2, -0.15) is 0 Å². The van der Waals surface area contributed by atoms with Crippen LogP contribution in [0.5, 0.6) is 11.5 Å². The van der Waals surface area contributed by atoms with Crippen LogP contribution in [0.25, 0.3) is 6.08 Å². The highest BCUT2D eigenvalue weighted by Crippen LogP contribution is 2.26. The van der Waals surface area contributed by atoms with E-state index in [0.29, 0.717) is 25.3 Å². The minimum Gasteiger partial charge on any atom is -0.504 e. The molecule has 6 nitrogen and oxygen atoms in total. The van der Waals surface area contributed by atoms with E-state index in [0.717, 1.165) is 56.9 Å². The lowest BCUT2D eigenvalue weighted by molar-refractivity contribution is -0.121. The normalized spacial score (nSPS) is 11.7. The minimum atomic E-state index is -0.180. The Morgan fingerprint density at radius 3 is 2.24 bits per heavy atom. The van der Waals surface area contributed by atoms with Gasteiger partial charge in [0, 0.05) is 25.6 Å². The summed E-state index contributed by atoms with van der Waals surface area (Å²) in [6.07, 6.45) is 28.6. The lowest BCUT2D eigenvalue weighted by Gasteiger charge is -2.06. The van der Waals surface area contributed by atoms with Crippen LogP contribution in [0.1, 0.15) is 89.5 Å². The molecule has 0 aliphatic carbocycles. The third-order valence-electron chi connectivity index (χ3n) is 5.91. The molecule has 0 aliphatic heterocycles. The number of rotatable bonds is 21. The fourth-order valence-electron chi connectivity index (χ4n) is 3.71. The van der Waals surface area contributed by atoms with Crippen molar-refractivity contribution in [1.82, 2.24) is 10.6 Å². The maximum absolute atomic E-state index is 12.0. The molecule has 0 saturated heterocycles. The summed E-state index contributed by atoms with van der Waals surface area (Å²) >= 11 is 0. The van der Waals surface area contributed by atoms with Crippen LogP contribution in [-0.2, 0) is 9.59 Å². The molecule has 210 valence electrons. The summed E-state index contributed by atoms with van der Waals surface area (Å²) in [5.74, 6) is 0.359. The smallest absolute Gasteiger partial charge is 0.243 e. The van der Waals surface area contributed by atoms with Gasteiger partial charge in [0.05, 0.1) is 7.11 Å². The third kappa shape index (κ3) is 18.0. The van der Waals surface area contributed by atoms with Gasteiger partial charge in [-0.3, -0.25) is 9.59 Å². The summed E-state index contributed by atoms with van der Waals surface area (Å²) in [4.78, 5) is 23.9. The molecule has 3 N–H and O–H groups in total. The third-order valence-corrected chi connectivity index (χ3v) is 5.91. The van der Waals surface area contributed by atoms with Gasteiger partial charge >= 0.3 is 0 Å². The summed E-state index contributed by atoms with van der Waals surface area (Å²) in [5.41, 5.74) is 0.764. The van der Waals surface area contributed by atoms with E-state index in [4.69, 9.17) is 4.74 Å². The molecule has 0 heterocycles. The highest BCUT2D eigenvalue weighted by molar-refractivity contribution is 5.91. The number of hydrogen-bond donors (Lipinski definition) is 3. The zero-order valence-corrected chi connectivity index (χ0v) is 23.4. The number of phenols is 1. The molecule has 0 bridgehead atoms. The summed E-state index contributed by atoms with van der Waals surface area (Å²) < 4.78 is 5.06. The number of unbranched alkanes of at least 4 members (excludes halogenated alkanes) is 6. The number of phenolic OH excluding ortho intramolecular Hbond substituents is 1. The molecule has 2 amide bonds. The number of aromatic hydroxyl groups is 1. The van der Waals surface area contributed by atoms with Gasteiger partial charge in [0.1, 0.15) is 0 Å². The molecule has 6 heteroatoms. The first-order chi connectivity index (χ1) is 18.6. The monoisotopic (exact) mass is 524 g/mol. The first-order valence-electron chi connectivity index (χ1n) is 14.1. The van der Waals surface area contributed by atoms with Gasteiger partial charge in [-0.1, -0.05) is 68.7 Å². The lowest BCUT2D eigenvalue weighted by atomic mass is 10.1. The van der Waals surface area contributed by atoms with Crippen LogP contribution in [-0.4, -0.2) is 37.1 Å². The Morgan fingerprint density at radius 2 is 1.50 bits per heavy atom. The molecule has 0 fully saturated rings. The van der Waals surface area contributed by atoms with Gasteiger partial charge in [-0.15, -0.1) is 0 Å². The van der Waals surface area contributed by atoms with Gasteiger partial charge in [0.2, 0.25) is 11.8 Å². The molecule has 0 aromatic heterocycles. The minimum absolute atomic E-state index is 0.0610. The van der Waals surface area contributed by atoms with Crippen molar-refractivity contribution in [3.8, 4) is 11.5 Å². The van der Waals surface area contributed by atoms with Crippen molar-refractivity contribution in [1.29, 1.82) is 0 Å². The van der Waals surface area contributed by atoms with E-state index in [2.05, 4.69) is 54.0 Å².